The Kier molecular flexibility index (Phi) is 4.76. The van der Waals surface area contributed by atoms with Crippen LogP contribution >= 0.6 is 34.8 Å². The number of aromatic nitrogens is 1. The van der Waals surface area contributed by atoms with Crippen LogP contribution in [0.1, 0.15) is 16.8 Å². The number of halogens is 3. The fourth-order valence-corrected chi connectivity index (χ4v) is 2.37. The average Bonchev–Trinajstić information content (AvgIpc) is 2.35. The van der Waals surface area contributed by atoms with Gasteiger partial charge in [-0.1, -0.05) is 34.8 Å². The average molecular weight is 333 g/mol. The molecule has 1 N–H and O–H groups in total. The van der Waals surface area contributed by atoms with Crippen LogP contribution in [0.3, 0.4) is 0 Å². The summed E-state index contributed by atoms with van der Waals surface area (Å²) in [4.78, 5) is 4.28. The molecule has 0 aliphatic carbocycles. The van der Waals surface area contributed by atoms with E-state index in [9.17, 15) is 5.11 Å². The summed E-state index contributed by atoms with van der Waals surface area (Å²) in [5.74, 6) is 0.651. The molecule has 20 heavy (non-hydrogen) atoms. The van der Waals surface area contributed by atoms with E-state index in [-0.39, 0.29) is 6.61 Å². The molecule has 2 rings (SSSR count). The van der Waals surface area contributed by atoms with E-state index < -0.39 is 0 Å². The van der Waals surface area contributed by atoms with Crippen molar-refractivity contribution in [3.63, 3.8) is 0 Å². The van der Waals surface area contributed by atoms with Crippen LogP contribution in [0.5, 0.6) is 11.6 Å². The number of hydrogen-bond donors (Lipinski definition) is 1. The fraction of sp³-hybridized carbons (Fsp3) is 0.214. The number of benzene rings is 1. The first kappa shape index (κ1) is 15.4. The molecular weight excluding hydrogens is 321 g/mol. The second-order valence-corrected chi connectivity index (χ2v) is 5.54. The smallest absolute Gasteiger partial charge is 0.225 e. The van der Waals surface area contributed by atoms with Crippen molar-refractivity contribution >= 4 is 34.8 Å². The summed E-state index contributed by atoms with van der Waals surface area (Å²) in [6.07, 6.45) is 0. The first-order valence-corrected chi connectivity index (χ1v) is 6.96. The number of pyridine rings is 1. The van der Waals surface area contributed by atoms with Crippen LogP contribution < -0.4 is 4.74 Å². The zero-order valence-corrected chi connectivity index (χ0v) is 13.1. The molecule has 0 unspecified atom stereocenters. The number of ether oxygens (including phenoxy) is 1. The van der Waals surface area contributed by atoms with Crippen LogP contribution in [0.4, 0.5) is 0 Å². The Labute approximate surface area is 132 Å². The van der Waals surface area contributed by atoms with Gasteiger partial charge in [-0.15, -0.1) is 0 Å². The molecule has 0 aliphatic heterocycles. The van der Waals surface area contributed by atoms with E-state index in [1.54, 1.807) is 0 Å². The quantitative estimate of drug-likeness (QED) is 0.809. The maximum absolute atomic E-state index is 9.44. The SMILES string of the molecule is Cc1cc(C)c(CO)c(Oc2cc(Cl)c(Cl)cc2Cl)n1. The number of aryl methyl sites for hydroxylation is 2. The van der Waals surface area contributed by atoms with Crippen LogP contribution in [0.2, 0.25) is 15.1 Å². The Bertz CT molecular complexity index is 659. The number of aliphatic hydroxyl groups is 1. The Morgan fingerprint density at radius 1 is 1.05 bits per heavy atom. The lowest BCUT2D eigenvalue weighted by molar-refractivity contribution is 0.274. The molecule has 0 radical (unpaired) electrons. The van der Waals surface area contributed by atoms with E-state index in [1.807, 2.05) is 19.9 Å². The predicted octanol–water partition coefficient (Wildman–Crippen LogP) is 4.94. The van der Waals surface area contributed by atoms with E-state index in [2.05, 4.69) is 4.98 Å². The predicted molar refractivity (Wildman–Crippen MR) is 81.2 cm³/mol. The summed E-state index contributed by atoms with van der Waals surface area (Å²) in [7, 11) is 0. The highest BCUT2D eigenvalue weighted by Gasteiger charge is 2.14. The number of nitrogens with zero attached hydrogens (tertiary/aromatic N) is 1. The zero-order chi connectivity index (χ0) is 14.9. The molecular formula is C14H12Cl3NO2. The molecule has 3 nitrogen and oxygen atoms in total. The van der Waals surface area contributed by atoms with E-state index in [1.165, 1.54) is 12.1 Å². The van der Waals surface area contributed by atoms with E-state index in [0.29, 0.717) is 32.3 Å². The second-order valence-electron chi connectivity index (χ2n) is 4.32. The van der Waals surface area contributed by atoms with Crippen molar-refractivity contribution in [2.75, 3.05) is 0 Å². The summed E-state index contributed by atoms with van der Waals surface area (Å²) in [5, 5.41) is 10.4. The van der Waals surface area contributed by atoms with Crippen molar-refractivity contribution in [3.8, 4) is 11.6 Å². The zero-order valence-electron chi connectivity index (χ0n) is 10.9. The van der Waals surface area contributed by atoms with Crippen LogP contribution in [-0.4, -0.2) is 10.1 Å². The van der Waals surface area contributed by atoms with Crippen LogP contribution in [0.15, 0.2) is 18.2 Å². The third kappa shape index (κ3) is 3.18. The maximum Gasteiger partial charge on any atom is 0.225 e. The normalized spacial score (nSPS) is 10.7. The van der Waals surface area contributed by atoms with Crippen LogP contribution in [0.25, 0.3) is 0 Å². The molecule has 106 valence electrons. The van der Waals surface area contributed by atoms with E-state index >= 15 is 0 Å². The van der Waals surface area contributed by atoms with Gasteiger partial charge >= 0.3 is 0 Å². The topological polar surface area (TPSA) is 42.4 Å². The largest absolute Gasteiger partial charge is 0.437 e. The first-order chi connectivity index (χ1) is 9.42. The number of rotatable bonds is 3. The Morgan fingerprint density at radius 3 is 2.35 bits per heavy atom. The second kappa shape index (κ2) is 6.19. The highest BCUT2D eigenvalue weighted by atomic mass is 35.5. The molecule has 0 atom stereocenters. The van der Waals surface area contributed by atoms with Gasteiger partial charge in [0, 0.05) is 17.3 Å². The molecule has 0 saturated heterocycles. The molecule has 0 amide bonds. The Balaban J connectivity index is 2.47. The lowest BCUT2D eigenvalue weighted by Gasteiger charge is -2.13. The van der Waals surface area contributed by atoms with Gasteiger partial charge in [-0.25, -0.2) is 4.98 Å². The third-order valence-electron chi connectivity index (χ3n) is 2.78. The van der Waals surface area contributed by atoms with Gasteiger partial charge in [0.2, 0.25) is 5.88 Å². The minimum absolute atomic E-state index is 0.173. The van der Waals surface area contributed by atoms with Crippen molar-refractivity contribution < 1.29 is 9.84 Å². The molecule has 0 saturated carbocycles. The van der Waals surface area contributed by atoms with Crippen molar-refractivity contribution in [1.29, 1.82) is 0 Å². The lowest BCUT2D eigenvalue weighted by Crippen LogP contribution is -2.00. The summed E-state index contributed by atoms with van der Waals surface area (Å²) in [6, 6.07) is 4.89. The molecule has 0 spiro atoms. The molecule has 0 fully saturated rings. The van der Waals surface area contributed by atoms with Crippen LogP contribution in [-0.2, 0) is 6.61 Å². The Hall–Kier alpha value is -1.000. The fourth-order valence-electron chi connectivity index (χ4n) is 1.79. The summed E-state index contributed by atoms with van der Waals surface area (Å²) < 4.78 is 5.68. The number of aliphatic hydroxyl groups excluding tert-OH is 1. The molecule has 1 heterocycles. The highest BCUT2D eigenvalue weighted by Crippen LogP contribution is 2.37. The van der Waals surface area contributed by atoms with Crippen molar-refractivity contribution in [1.82, 2.24) is 4.98 Å². The minimum atomic E-state index is -0.173. The minimum Gasteiger partial charge on any atom is -0.437 e. The lowest BCUT2D eigenvalue weighted by atomic mass is 10.1. The van der Waals surface area contributed by atoms with Gasteiger partial charge in [-0.3, -0.25) is 0 Å². The summed E-state index contributed by atoms with van der Waals surface area (Å²) in [6.45, 7) is 3.55. The van der Waals surface area contributed by atoms with Gasteiger partial charge < -0.3 is 9.84 Å². The molecule has 1 aromatic heterocycles. The Morgan fingerprint density at radius 2 is 1.70 bits per heavy atom. The van der Waals surface area contributed by atoms with Gasteiger partial charge in [0.25, 0.3) is 0 Å². The standard InChI is InChI=1S/C14H12Cl3NO2/c1-7-3-8(2)18-14(9(7)6-19)20-13-5-11(16)10(15)4-12(13)17/h3-5,19H,6H2,1-2H3. The molecule has 6 heteroatoms. The van der Waals surface area contributed by atoms with Gasteiger partial charge in [0.15, 0.2) is 0 Å². The van der Waals surface area contributed by atoms with Crippen LogP contribution in [0, 0.1) is 13.8 Å². The van der Waals surface area contributed by atoms with E-state index in [0.717, 1.165) is 11.3 Å². The third-order valence-corrected chi connectivity index (χ3v) is 3.79. The molecule has 1 aromatic carbocycles. The van der Waals surface area contributed by atoms with Gasteiger partial charge in [-0.05, 0) is 31.5 Å². The molecule has 2 aromatic rings. The van der Waals surface area contributed by atoms with Crippen molar-refractivity contribution in [2.24, 2.45) is 0 Å². The maximum atomic E-state index is 9.44. The van der Waals surface area contributed by atoms with Gasteiger partial charge in [-0.2, -0.15) is 0 Å². The highest BCUT2D eigenvalue weighted by molar-refractivity contribution is 6.43. The van der Waals surface area contributed by atoms with Crippen molar-refractivity contribution in [2.45, 2.75) is 20.5 Å². The van der Waals surface area contributed by atoms with Gasteiger partial charge in [0.1, 0.15) is 5.75 Å². The summed E-state index contributed by atoms with van der Waals surface area (Å²) >= 11 is 17.9. The van der Waals surface area contributed by atoms with Crippen molar-refractivity contribution in [3.05, 3.63) is 50.1 Å². The first-order valence-electron chi connectivity index (χ1n) is 5.82. The molecule has 0 aliphatic rings. The molecule has 0 bridgehead atoms. The summed E-state index contributed by atoms with van der Waals surface area (Å²) in [5.41, 5.74) is 2.29. The van der Waals surface area contributed by atoms with Gasteiger partial charge in [0.05, 0.1) is 21.7 Å². The van der Waals surface area contributed by atoms with E-state index in [4.69, 9.17) is 39.5 Å². The number of hydrogen-bond acceptors (Lipinski definition) is 3. The monoisotopic (exact) mass is 331 g/mol.